The summed E-state index contributed by atoms with van der Waals surface area (Å²) in [7, 11) is 1.44. The van der Waals surface area contributed by atoms with Gasteiger partial charge in [0.2, 0.25) is 5.95 Å². The van der Waals surface area contributed by atoms with Crippen molar-refractivity contribution in [1.82, 2.24) is 14.3 Å². The number of rotatable bonds is 1. The van der Waals surface area contributed by atoms with E-state index in [1.807, 2.05) is 48.5 Å². The molecule has 24 heavy (non-hydrogen) atoms. The van der Waals surface area contributed by atoms with Crippen LogP contribution < -0.4 is 10.5 Å². The summed E-state index contributed by atoms with van der Waals surface area (Å²) in [6, 6.07) is 14.9. The number of anilines is 1. The van der Waals surface area contributed by atoms with Crippen molar-refractivity contribution in [3.63, 3.8) is 0 Å². The van der Waals surface area contributed by atoms with Gasteiger partial charge < -0.3 is 10.1 Å². The van der Waals surface area contributed by atoms with Crippen molar-refractivity contribution in [2.45, 2.75) is 0 Å². The molecular weight excluding hydrogens is 328 g/mol. The number of carbonyl (C=O) groups is 1. The van der Waals surface area contributed by atoms with E-state index in [1.165, 1.54) is 18.6 Å². The third-order valence-corrected chi connectivity index (χ3v) is 4.23. The normalized spacial score (nSPS) is 10.4. The van der Waals surface area contributed by atoms with Gasteiger partial charge in [-0.2, -0.15) is 0 Å². The molecule has 2 aromatic carbocycles. The summed E-state index contributed by atoms with van der Waals surface area (Å²) in [6.45, 7) is 0. The molecule has 0 aliphatic carbocycles. The van der Waals surface area contributed by atoms with Crippen LogP contribution in [-0.4, -0.2) is 32.6 Å². The van der Waals surface area contributed by atoms with Crippen LogP contribution in [0.3, 0.4) is 0 Å². The number of fused-ring (bicyclic) bond motifs is 2. The summed E-state index contributed by atoms with van der Waals surface area (Å²) in [4.78, 5) is 29.7. The Hall–Kier alpha value is -3.13. The lowest BCUT2D eigenvalue weighted by Gasteiger charge is -2.07. The molecule has 8 heteroatoms. The van der Waals surface area contributed by atoms with E-state index in [4.69, 9.17) is 5.11 Å². The fraction of sp³-hybridized carbons (Fsp3) is 0.0625. The van der Waals surface area contributed by atoms with Crippen molar-refractivity contribution in [1.29, 1.82) is 0 Å². The van der Waals surface area contributed by atoms with Crippen LogP contribution in [0.15, 0.2) is 53.3 Å². The summed E-state index contributed by atoms with van der Waals surface area (Å²) in [5.41, 5.74) is 1.60. The van der Waals surface area contributed by atoms with Crippen molar-refractivity contribution >= 4 is 44.7 Å². The number of benzene rings is 2. The average molecular weight is 342 g/mol. The Labute approximate surface area is 140 Å². The number of carboxylic acid groups (broad SMARTS) is 1. The van der Waals surface area contributed by atoms with E-state index < -0.39 is 6.09 Å². The smallest absolute Gasteiger partial charge is 0.413 e. The SMILES string of the molecule is CN(C(=O)O)c1nc2ccccc2[nH]1.O=c1[nH]sc2ccccc12. The van der Waals surface area contributed by atoms with Crippen molar-refractivity contribution < 1.29 is 9.90 Å². The predicted octanol–water partition coefficient (Wildman–Crippen LogP) is 3.27. The number of nitrogens with zero attached hydrogens (tertiary/aromatic N) is 2. The molecule has 0 fully saturated rings. The molecule has 0 aliphatic heterocycles. The van der Waals surface area contributed by atoms with Gasteiger partial charge in [0.1, 0.15) is 0 Å². The largest absolute Gasteiger partial charge is 0.465 e. The number of hydrogen-bond acceptors (Lipinski definition) is 4. The van der Waals surface area contributed by atoms with E-state index >= 15 is 0 Å². The summed E-state index contributed by atoms with van der Waals surface area (Å²) in [5, 5.41) is 9.51. The first-order valence-electron chi connectivity index (χ1n) is 7.04. The highest BCUT2D eigenvalue weighted by Crippen LogP contribution is 2.15. The third kappa shape index (κ3) is 3.13. The van der Waals surface area contributed by atoms with Crippen LogP contribution in [0.25, 0.3) is 21.1 Å². The van der Waals surface area contributed by atoms with Gasteiger partial charge in [-0.15, -0.1) is 0 Å². The number of aromatic nitrogens is 3. The molecule has 122 valence electrons. The van der Waals surface area contributed by atoms with E-state index in [0.717, 1.165) is 26.0 Å². The highest BCUT2D eigenvalue weighted by Gasteiger charge is 2.12. The maximum Gasteiger partial charge on any atom is 0.413 e. The number of nitrogens with one attached hydrogen (secondary N) is 2. The minimum absolute atomic E-state index is 0.0144. The Morgan fingerprint density at radius 1 is 1.17 bits per heavy atom. The fourth-order valence-corrected chi connectivity index (χ4v) is 2.82. The molecule has 0 saturated heterocycles. The summed E-state index contributed by atoms with van der Waals surface area (Å²) < 4.78 is 3.68. The molecule has 2 heterocycles. The first-order chi connectivity index (χ1) is 11.6. The van der Waals surface area contributed by atoms with Crippen LogP contribution >= 0.6 is 11.5 Å². The first-order valence-corrected chi connectivity index (χ1v) is 7.85. The number of imidazole rings is 1. The topological polar surface area (TPSA) is 102 Å². The van der Waals surface area contributed by atoms with Gasteiger partial charge in [0, 0.05) is 7.05 Å². The van der Waals surface area contributed by atoms with Gasteiger partial charge in [-0.05, 0) is 24.3 Å². The van der Waals surface area contributed by atoms with Crippen LogP contribution in [0.2, 0.25) is 0 Å². The van der Waals surface area contributed by atoms with Gasteiger partial charge in [0.05, 0.1) is 21.1 Å². The van der Waals surface area contributed by atoms with Gasteiger partial charge in [0.25, 0.3) is 5.56 Å². The Bertz CT molecular complexity index is 1020. The van der Waals surface area contributed by atoms with E-state index in [-0.39, 0.29) is 5.56 Å². The molecular formula is C16H14N4O3S. The minimum Gasteiger partial charge on any atom is -0.465 e. The Kier molecular flexibility index (Phi) is 4.30. The number of hydrogen-bond donors (Lipinski definition) is 3. The Balaban J connectivity index is 0.000000149. The summed E-state index contributed by atoms with van der Waals surface area (Å²) in [6.07, 6.45) is -1.04. The fourth-order valence-electron chi connectivity index (χ4n) is 2.09. The molecule has 0 spiro atoms. The summed E-state index contributed by atoms with van der Waals surface area (Å²) in [5.74, 6) is 0.332. The van der Waals surface area contributed by atoms with Crippen LogP contribution in [0, 0.1) is 0 Å². The highest BCUT2D eigenvalue weighted by atomic mass is 32.1. The van der Waals surface area contributed by atoms with Gasteiger partial charge in [-0.3, -0.25) is 14.1 Å². The second kappa shape index (κ2) is 6.55. The van der Waals surface area contributed by atoms with Crippen LogP contribution in [0.4, 0.5) is 10.7 Å². The lowest BCUT2D eigenvalue weighted by Crippen LogP contribution is -2.24. The predicted molar refractivity (Wildman–Crippen MR) is 95.0 cm³/mol. The number of para-hydroxylation sites is 2. The van der Waals surface area contributed by atoms with Gasteiger partial charge in [-0.1, -0.05) is 35.8 Å². The summed E-state index contributed by atoms with van der Waals surface area (Å²) >= 11 is 1.38. The lowest BCUT2D eigenvalue weighted by atomic mass is 10.3. The molecule has 0 atom stereocenters. The van der Waals surface area contributed by atoms with E-state index in [1.54, 1.807) is 0 Å². The second-order valence-corrected chi connectivity index (χ2v) is 5.80. The van der Waals surface area contributed by atoms with Crippen LogP contribution in [-0.2, 0) is 0 Å². The monoisotopic (exact) mass is 342 g/mol. The molecule has 2 aromatic heterocycles. The molecule has 4 aromatic rings. The van der Waals surface area contributed by atoms with Gasteiger partial charge >= 0.3 is 6.09 Å². The molecule has 0 aliphatic rings. The third-order valence-electron chi connectivity index (χ3n) is 3.37. The van der Waals surface area contributed by atoms with Crippen LogP contribution in [0.1, 0.15) is 0 Å². The molecule has 4 rings (SSSR count). The number of amides is 1. The Morgan fingerprint density at radius 3 is 2.58 bits per heavy atom. The maximum atomic E-state index is 10.9. The number of H-pyrrole nitrogens is 2. The molecule has 0 unspecified atom stereocenters. The molecule has 3 N–H and O–H groups in total. The lowest BCUT2D eigenvalue weighted by molar-refractivity contribution is 0.203. The molecule has 0 saturated carbocycles. The van der Waals surface area contributed by atoms with E-state index in [0.29, 0.717) is 5.95 Å². The quantitative estimate of drug-likeness (QED) is 0.494. The van der Waals surface area contributed by atoms with Crippen LogP contribution in [0.5, 0.6) is 0 Å². The maximum absolute atomic E-state index is 10.9. The molecule has 1 amide bonds. The second-order valence-electron chi connectivity index (χ2n) is 4.95. The zero-order valence-electron chi connectivity index (χ0n) is 12.7. The standard InChI is InChI=1S/C9H9N3O2.C7H5NOS/c1-12(9(13)14)8-10-6-4-2-3-5-7(6)11-8;9-7-5-3-1-2-4-6(5)10-8-7/h2-5H,1H3,(H,10,11)(H,13,14);1-4H,(H,8,9). The zero-order valence-corrected chi connectivity index (χ0v) is 13.5. The van der Waals surface area contributed by atoms with Crippen molar-refractivity contribution in [2.24, 2.45) is 0 Å². The van der Waals surface area contributed by atoms with E-state index in [9.17, 15) is 9.59 Å². The minimum atomic E-state index is -1.04. The highest BCUT2D eigenvalue weighted by molar-refractivity contribution is 7.13. The van der Waals surface area contributed by atoms with Gasteiger partial charge in [0.15, 0.2) is 0 Å². The van der Waals surface area contributed by atoms with Crippen molar-refractivity contribution in [3.8, 4) is 0 Å². The van der Waals surface area contributed by atoms with Crippen molar-refractivity contribution in [2.75, 3.05) is 11.9 Å². The Morgan fingerprint density at radius 2 is 1.88 bits per heavy atom. The average Bonchev–Trinajstić information content (AvgIpc) is 3.19. The van der Waals surface area contributed by atoms with E-state index in [2.05, 4.69) is 14.3 Å². The van der Waals surface area contributed by atoms with Crippen molar-refractivity contribution in [3.05, 3.63) is 58.9 Å². The molecule has 0 radical (unpaired) electrons. The molecule has 0 bridgehead atoms. The zero-order chi connectivity index (χ0) is 17.1. The first kappa shape index (κ1) is 15.8. The van der Waals surface area contributed by atoms with Gasteiger partial charge in [-0.25, -0.2) is 9.78 Å². The number of aromatic amines is 2. The molecule has 7 nitrogen and oxygen atoms in total.